The van der Waals surface area contributed by atoms with E-state index in [1.165, 1.54) is 0 Å². The van der Waals surface area contributed by atoms with Gasteiger partial charge in [0.1, 0.15) is 13.7 Å². The Morgan fingerprint density at radius 1 is 1.17 bits per heavy atom. The largest absolute Gasteiger partial charge is 0.415 e. The van der Waals surface area contributed by atoms with E-state index in [-0.39, 0.29) is 0 Å². The number of hydrogen-bond donors (Lipinski definition) is 0. The third kappa shape index (κ3) is 1.78. The highest BCUT2D eigenvalue weighted by Gasteiger charge is 2.31. The van der Waals surface area contributed by atoms with Gasteiger partial charge in [0.05, 0.1) is 0 Å². The highest BCUT2D eigenvalue weighted by Crippen LogP contribution is 2.27. The number of hydrogen-bond acceptors (Lipinski definition) is 0. The van der Waals surface area contributed by atoms with Crippen molar-refractivity contribution in [3.8, 4) is 0 Å². The minimum atomic E-state index is -4.52. The number of benzene rings is 1. The van der Waals surface area contributed by atoms with Crippen LogP contribution in [0.2, 0.25) is 0 Å². The van der Waals surface area contributed by atoms with Gasteiger partial charge in [-0.3, -0.25) is 0 Å². The van der Waals surface area contributed by atoms with E-state index in [4.69, 9.17) is 7.85 Å². The Morgan fingerprint density at radius 2 is 1.75 bits per heavy atom. The fraction of sp³-hybridized carbons (Fsp3) is 0.143. The van der Waals surface area contributed by atoms with Gasteiger partial charge in [0.2, 0.25) is 0 Å². The summed E-state index contributed by atoms with van der Waals surface area (Å²) in [6.07, 6.45) is -4.52. The molecule has 0 atom stereocenters. The summed E-state index contributed by atoms with van der Waals surface area (Å²) in [6, 6.07) is 1.98. The lowest BCUT2D eigenvalue weighted by atomic mass is 9.90. The fourth-order valence-corrected chi connectivity index (χ4v) is 0.792. The SMILES string of the molecule is [B]c1cc(F)ccc1C(F)(F)F. The first-order valence-electron chi connectivity index (χ1n) is 3.03. The summed E-state index contributed by atoms with van der Waals surface area (Å²) < 4.78 is 48.2. The van der Waals surface area contributed by atoms with Gasteiger partial charge in [-0.05, 0) is 18.2 Å². The van der Waals surface area contributed by atoms with Crippen LogP contribution in [0.5, 0.6) is 0 Å². The molecule has 1 aromatic rings. The summed E-state index contributed by atoms with van der Waals surface area (Å²) in [4.78, 5) is 0. The Balaban J connectivity index is 3.19. The minimum absolute atomic E-state index is 0.595. The van der Waals surface area contributed by atoms with Gasteiger partial charge in [-0.15, -0.1) is 0 Å². The van der Waals surface area contributed by atoms with Crippen LogP contribution in [0.4, 0.5) is 17.6 Å². The van der Waals surface area contributed by atoms with Crippen molar-refractivity contribution in [2.24, 2.45) is 0 Å². The van der Waals surface area contributed by atoms with E-state index in [9.17, 15) is 17.6 Å². The maximum Gasteiger partial charge on any atom is 0.415 e. The van der Waals surface area contributed by atoms with Crippen LogP contribution in [-0.2, 0) is 6.18 Å². The van der Waals surface area contributed by atoms with E-state index >= 15 is 0 Å². The molecule has 0 unspecified atom stereocenters. The van der Waals surface area contributed by atoms with Gasteiger partial charge >= 0.3 is 6.18 Å². The second kappa shape index (κ2) is 2.81. The zero-order valence-corrected chi connectivity index (χ0v) is 5.82. The second-order valence-corrected chi connectivity index (χ2v) is 2.23. The van der Waals surface area contributed by atoms with E-state index in [0.29, 0.717) is 12.1 Å². The molecule has 0 aliphatic rings. The second-order valence-electron chi connectivity index (χ2n) is 2.23. The summed E-state index contributed by atoms with van der Waals surface area (Å²) >= 11 is 0. The number of halogens is 4. The Bertz CT molecular complexity index is 292. The number of rotatable bonds is 0. The molecule has 5 heteroatoms. The molecule has 0 aliphatic carbocycles. The third-order valence-electron chi connectivity index (χ3n) is 1.32. The van der Waals surface area contributed by atoms with Crippen LogP contribution >= 0.6 is 0 Å². The van der Waals surface area contributed by atoms with Crippen molar-refractivity contribution in [3.63, 3.8) is 0 Å². The van der Waals surface area contributed by atoms with Gasteiger partial charge in [-0.1, -0.05) is 5.46 Å². The lowest BCUT2D eigenvalue weighted by molar-refractivity contribution is -0.136. The third-order valence-corrected chi connectivity index (χ3v) is 1.32. The predicted octanol–water partition coefficient (Wildman–Crippen LogP) is 1.64. The molecule has 0 fully saturated rings. The van der Waals surface area contributed by atoms with Crippen molar-refractivity contribution < 1.29 is 17.6 Å². The summed E-state index contributed by atoms with van der Waals surface area (Å²) in [6.45, 7) is 0. The van der Waals surface area contributed by atoms with Gasteiger partial charge in [-0.2, -0.15) is 13.2 Å². The van der Waals surface area contributed by atoms with Gasteiger partial charge in [0, 0.05) is 5.56 Å². The van der Waals surface area contributed by atoms with Crippen LogP contribution in [0, 0.1) is 5.82 Å². The average molecular weight is 174 g/mol. The monoisotopic (exact) mass is 174 g/mol. The molecule has 1 rings (SSSR count). The van der Waals surface area contributed by atoms with Crippen LogP contribution in [0.25, 0.3) is 0 Å². The van der Waals surface area contributed by atoms with E-state index < -0.39 is 23.0 Å². The first-order valence-corrected chi connectivity index (χ1v) is 3.03. The Hall–Kier alpha value is -0.995. The minimum Gasteiger partial charge on any atom is -0.207 e. The molecule has 0 bridgehead atoms. The first-order chi connectivity index (χ1) is 5.41. The Kier molecular flexibility index (Phi) is 2.13. The normalized spacial score (nSPS) is 11.7. The highest BCUT2D eigenvalue weighted by atomic mass is 19.4. The molecule has 0 heterocycles. The maximum atomic E-state index is 12.3. The van der Waals surface area contributed by atoms with Crippen molar-refractivity contribution in [1.29, 1.82) is 0 Å². The zero-order chi connectivity index (χ0) is 9.35. The van der Waals surface area contributed by atoms with Crippen molar-refractivity contribution >= 4 is 13.3 Å². The van der Waals surface area contributed by atoms with Gasteiger partial charge in [0.25, 0.3) is 0 Å². The molecule has 2 radical (unpaired) electrons. The molecule has 0 nitrogen and oxygen atoms in total. The molecule has 12 heavy (non-hydrogen) atoms. The van der Waals surface area contributed by atoms with E-state index in [2.05, 4.69) is 0 Å². The fourth-order valence-electron chi connectivity index (χ4n) is 0.792. The van der Waals surface area contributed by atoms with Crippen LogP contribution in [0.3, 0.4) is 0 Å². The van der Waals surface area contributed by atoms with Crippen LogP contribution < -0.4 is 5.46 Å². The Morgan fingerprint density at radius 3 is 2.17 bits per heavy atom. The Labute approximate surface area is 67.6 Å². The molecule has 0 amide bonds. The topological polar surface area (TPSA) is 0 Å². The standard InChI is InChI=1S/C7H3BF4/c8-6-3-4(9)1-2-5(6)7(10,11)12/h1-3H. The summed E-state index contributed by atoms with van der Waals surface area (Å²) in [5, 5.41) is 0. The van der Waals surface area contributed by atoms with Gasteiger partial charge in [0.15, 0.2) is 0 Å². The lowest BCUT2D eigenvalue weighted by Crippen LogP contribution is -2.19. The van der Waals surface area contributed by atoms with Crippen LogP contribution in [-0.4, -0.2) is 7.85 Å². The van der Waals surface area contributed by atoms with Crippen LogP contribution in [0.15, 0.2) is 18.2 Å². The van der Waals surface area contributed by atoms with Crippen molar-refractivity contribution in [1.82, 2.24) is 0 Å². The molecule has 0 saturated heterocycles. The first kappa shape index (κ1) is 9.10. The number of alkyl halides is 3. The molecular weight excluding hydrogens is 171 g/mol. The van der Waals surface area contributed by atoms with Crippen LogP contribution in [0.1, 0.15) is 5.56 Å². The van der Waals surface area contributed by atoms with E-state index in [1.807, 2.05) is 0 Å². The lowest BCUT2D eigenvalue weighted by Gasteiger charge is -2.09. The summed E-state index contributed by atoms with van der Waals surface area (Å²) in [7, 11) is 4.95. The molecule has 1 aromatic carbocycles. The van der Waals surface area contributed by atoms with Gasteiger partial charge in [-0.25, -0.2) is 4.39 Å². The highest BCUT2D eigenvalue weighted by molar-refractivity contribution is 6.33. The smallest absolute Gasteiger partial charge is 0.207 e. The molecule has 62 valence electrons. The maximum absolute atomic E-state index is 12.3. The van der Waals surface area contributed by atoms with E-state index in [0.717, 1.165) is 6.07 Å². The summed E-state index contributed by atoms with van der Waals surface area (Å²) in [5.41, 5.74) is -1.61. The predicted molar refractivity (Wildman–Crippen MR) is 36.8 cm³/mol. The summed E-state index contributed by atoms with van der Waals surface area (Å²) in [5.74, 6) is -0.777. The molecule has 0 aliphatic heterocycles. The van der Waals surface area contributed by atoms with Crippen molar-refractivity contribution in [3.05, 3.63) is 29.6 Å². The zero-order valence-electron chi connectivity index (χ0n) is 5.82. The molecular formula is C7H3BF4. The average Bonchev–Trinajstić information content (AvgIpc) is 1.83. The molecule has 0 spiro atoms. The van der Waals surface area contributed by atoms with Gasteiger partial charge < -0.3 is 0 Å². The molecule has 0 aromatic heterocycles. The molecule has 0 N–H and O–H groups in total. The van der Waals surface area contributed by atoms with Crippen molar-refractivity contribution in [2.75, 3.05) is 0 Å². The van der Waals surface area contributed by atoms with Crippen molar-refractivity contribution in [2.45, 2.75) is 6.18 Å². The quantitative estimate of drug-likeness (QED) is 0.414. The van der Waals surface area contributed by atoms with E-state index in [1.54, 1.807) is 0 Å². The molecule has 0 saturated carbocycles.